The van der Waals surface area contributed by atoms with Crippen LogP contribution in [0, 0.1) is 12.7 Å². The number of carbonyl (C=O) groups excluding carboxylic acids is 1. The lowest BCUT2D eigenvalue weighted by Crippen LogP contribution is -2.61. The first kappa shape index (κ1) is 28.5. The van der Waals surface area contributed by atoms with E-state index in [0.717, 1.165) is 5.56 Å². The van der Waals surface area contributed by atoms with Crippen LogP contribution in [0.3, 0.4) is 0 Å². The van der Waals surface area contributed by atoms with E-state index in [9.17, 15) is 19.1 Å². The van der Waals surface area contributed by atoms with Gasteiger partial charge in [-0.3, -0.25) is 4.79 Å². The summed E-state index contributed by atoms with van der Waals surface area (Å²) in [4.78, 5) is 38.3. The van der Waals surface area contributed by atoms with E-state index >= 15 is 0 Å². The van der Waals surface area contributed by atoms with Crippen LogP contribution in [0.4, 0.5) is 10.2 Å². The zero-order valence-electron chi connectivity index (χ0n) is 23.9. The minimum absolute atomic E-state index is 0.0352. The van der Waals surface area contributed by atoms with Gasteiger partial charge in [-0.1, -0.05) is 38.4 Å². The molecule has 0 bridgehead atoms. The van der Waals surface area contributed by atoms with Gasteiger partial charge in [-0.15, -0.1) is 0 Å². The third-order valence-electron chi connectivity index (χ3n) is 7.49. The maximum atomic E-state index is 14.2. The van der Waals surface area contributed by atoms with Gasteiger partial charge in [0.2, 0.25) is 0 Å². The molecule has 1 fully saturated rings. The lowest BCUT2D eigenvalue weighted by atomic mass is 9.86. The SMILES string of the molecule is Cc1nc(N2CCN(C(=O)c3cc4nc(-c5ccc(Cl)c(F)c5)cc(C(C)(C)C)c4o3)C(C)(C)C2)ccc1C(=O)O. The molecule has 10 heteroatoms. The second-order valence-electron chi connectivity index (χ2n) is 12.1. The largest absolute Gasteiger partial charge is 0.478 e. The minimum atomic E-state index is -1.01. The van der Waals surface area contributed by atoms with Crippen molar-refractivity contribution in [1.82, 2.24) is 14.9 Å². The Morgan fingerprint density at radius 1 is 1.07 bits per heavy atom. The normalized spacial score (nSPS) is 15.4. The van der Waals surface area contributed by atoms with E-state index in [1.165, 1.54) is 12.1 Å². The molecule has 1 saturated heterocycles. The maximum absolute atomic E-state index is 14.2. The first-order valence-corrected chi connectivity index (χ1v) is 13.7. The van der Waals surface area contributed by atoms with E-state index in [1.807, 2.05) is 40.7 Å². The average molecular weight is 579 g/mol. The Morgan fingerprint density at radius 2 is 1.80 bits per heavy atom. The van der Waals surface area contributed by atoms with Crippen molar-refractivity contribution in [2.75, 3.05) is 24.5 Å². The number of aromatic nitrogens is 2. The zero-order valence-corrected chi connectivity index (χ0v) is 24.6. The first-order chi connectivity index (χ1) is 19.2. The van der Waals surface area contributed by atoms with Gasteiger partial charge in [0.25, 0.3) is 5.91 Å². The van der Waals surface area contributed by atoms with Crippen LogP contribution in [0.1, 0.15) is 66.8 Å². The van der Waals surface area contributed by atoms with Crippen molar-refractivity contribution in [3.63, 3.8) is 0 Å². The van der Waals surface area contributed by atoms with Crippen molar-refractivity contribution in [2.24, 2.45) is 0 Å². The van der Waals surface area contributed by atoms with Crippen molar-refractivity contribution in [3.8, 4) is 11.3 Å². The number of carboxylic acids is 1. The molecule has 0 atom stereocenters. The molecule has 1 aromatic carbocycles. The van der Waals surface area contributed by atoms with Crippen LogP contribution >= 0.6 is 11.6 Å². The summed E-state index contributed by atoms with van der Waals surface area (Å²) in [6, 6.07) is 11.3. The molecule has 1 amide bonds. The fourth-order valence-electron chi connectivity index (χ4n) is 5.30. The second kappa shape index (κ2) is 10.1. The molecule has 41 heavy (non-hydrogen) atoms. The highest BCUT2D eigenvalue weighted by atomic mass is 35.5. The summed E-state index contributed by atoms with van der Waals surface area (Å²) < 4.78 is 20.4. The quantitative estimate of drug-likeness (QED) is 0.287. The number of amides is 1. The third-order valence-corrected chi connectivity index (χ3v) is 7.79. The van der Waals surface area contributed by atoms with Crippen LogP contribution in [0.15, 0.2) is 46.9 Å². The van der Waals surface area contributed by atoms with Crippen LogP contribution < -0.4 is 4.90 Å². The van der Waals surface area contributed by atoms with E-state index in [1.54, 1.807) is 36.1 Å². The highest BCUT2D eigenvalue weighted by Crippen LogP contribution is 2.36. The molecule has 0 aliphatic carbocycles. The van der Waals surface area contributed by atoms with E-state index in [2.05, 4.69) is 9.88 Å². The number of pyridine rings is 2. The van der Waals surface area contributed by atoms with Crippen molar-refractivity contribution in [2.45, 2.75) is 52.5 Å². The molecule has 5 rings (SSSR count). The van der Waals surface area contributed by atoms with Gasteiger partial charge in [0, 0.05) is 36.8 Å². The molecule has 1 aliphatic heterocycles. The molecule has 1 aliphatic rings. The Bertz CT molecular complexity index is 1690. The van der Waals surface area contributed by atoms with E-state index in [0.29, 0.717) is 53.5 Å². The number of benzene rings is 1. The minimum Gasteiger partial charge on any atom is -0.478 e. The molecular weight excluding hydrogens is 547 g/mol. The van der Waals surface area contributed by atoms with E-state index < -0.39 is 17.3 Å². The number of nitrogens with zero attached hydrogens (tertiary/aromatic N) is 4. The average Bonchev–Trinajstić information content (AvgIpc) is 3.32. The Balaban J connectivity index is 1.46. The molecule has 0 unspecified atom stereocenters. The first-order valence-electron chi connectivity index (χ1n) is 13.3. The van der Waals surface area contributed by atoms with Crippen LogP contribution in [0.5, 0.6) is 0 Å². The van der Waals surface area contributed by atoms with Gasteiger partial charge in [-0.2, -0.15) is 0 Å². The summed E-state index contributed by atoms with van der Waals surface area (Å²) in [6.45, 7) is 13.2. The molecular formula is C31H32ClFN4O4. The highest BCUT2D eigenvalue weighted by molar-refractivity contribution is 6.30. The number of aromatic carboxylic acids is 1. The van der Waals surface area contributed by atoms with Gasteiger partial charge >= 0.3 is 5.97 Å². The van der Waals surface area contributed by atoms with Crippen LogP contribution in [-0.2, 0) is 5.41 Å². The Kier molecular flexibility index (Phi) is 7.06. The number of hydrogen-bond donors (Lipinski definition) is 1. The predicted molar refractivity (Wildman–Crippen MR) is 156 cm³/mol. The summed E-state index contributed by atoms with van der Waals surface area (Å²) in [5, 5.41) is 9.37. The number of carbonyl (C=O) groups is 2. The number of halogens is 2. The van der Waals surface area contributed by atoms with Gasteiger partial charge in [0.1, 0.15) is 17.2 Å². The summed E-state index contributed by atoms with van der Waals surface area (Å²) in [6.07, 6.45) is 0. The lowest BCUT2D eigenvalue weighted by Gasteiger charge is -2.47. The number of piperazine rings is 1. The Labute approximate surface area is 242 Å². The molecule has 214 valence electrons. The fourth-order valence-corrected chi connectivity index (χ4v) is 5.41. The van der Waals surface area contributed by atoms with E-state index in [4.69, 9.17) is 21.0 Å². The van der Waals surface area contributed by atoms with Crippen molar-refractivity contribution >= 4 is 40.4 Å². The number of fused-ring (bicyclic) bond motifs is 1. The molecule has 0 spiro atoms. The second-order valence-corrected chi connectivity index (χ2v) is 12.5. The van der Waals surface area contributed by atoms with Gasteiger partial charge in [0.15, 0.2) is 11.3 Å². The number of anilines is 1. The van der Waals surface area contributed by atoms with Gasteiger partial charge < -0.3 is 19.3 Å². The number of hydrogen-bond acceptors (Lipinski definition) is 6. The van der Waals surface area contributed by atoms with E-state index in [-0.39, 0.29) is 27.7 Å². The molecule has 3 aromatic heterocycles. The van der Waals surface area contributed by atoms with Crippen molar-refractivity contribution in [1.29, 1.82) is 0 Å². The highest BCUT2D eigenvalue weighted by Gasteiger charge is 2.39. The molecule has 0 radical (unpaired) electrons. The van der Waals surface area contributed by atoms with Gasteiger partial charge in [-0.05, 0) is 56.5 Å². The standard InChI is InChI=1S/C31H32ClFN4O4/c1-17-19(29(39)40)8-10-26(34-17)36-11-12-37(31(5,6)16-36)28(38)25-15-24-27(41-25)20(30(2,3)4)14-23(35-24)18-7-9-21(32)22(33)13-18/h7-10,13-15H,11-12,16H2,1-6H3,(H,39,40). The topological polar surface area (TPSA) is 99.8 Å². The third kappa shape index (κ3) is 5.38. The zero-order chi connectivity index (χ0) is 29.9. The molecule has 4 aromatic rings. The lowest BCUT2D eigenvalue weighted by molar-refractivity contribution is 0.0483. The summed E-state index contributed by atoms with van der Waals surface area (Å²) in [5.74, 6) is -0.951. The fraction of sp³-hybridized carbons (Fsp3) is 0.355. The van der Waals surface area contributed by atoms with Gasteiger partial charge in [0.05, 0.1) is 27.5 Å². The number of rotatable bonds is 4. The van der Waals surface area contributed by atoms with Crippen LogP contribution in [-0.4, -0.2) is 57.0 Å². The van der Waals surface area contributed by atoms with Gasteiger partial charge in [-0.25, -0.2) is 19.2 Å². The maximum Gasteiger partial charge on any atom is 0.337 e. The monoisotopic (exact) mass is 578 g/mol. The molecule has 8 nitrogen and oxygen atoms in total. The summed E-state index contributed by atoms with van der Waals surface area (Å²) in [7, 11) is 0. The number of aryl methyl sites for hydroxylation is 1. The number of carboxylic acid groups (broad SMARTS) is 1. The Morgan fingerprint density at radius 3 is 2.41 bits per heavy atom. The van der Waals surface area contributed by atoms with Crippen LogP contribution in [0.2, 0.25) is 5.02 Å². The summed E-state index contributed by atoms with van der Waals surface area (Å²) >= 11 is 5.89. The summed E-state index contributed by atoms with van der Waals surface area (Å²) in [5.41, 5.74) is 2.70. The molecule has 1 N–H and O–H groups in total. The van der Waals surface area contributed by atoms with Crippen LogP contribution in [0.25, 0.3) is 22.4 Å². The van der Waals surface area contributed by atoms with Crippen molar-refractivity contribution < 1.29 is 23.5 Å². The Hall–Kier alpha value is -3.98. The number of furan rings is 1. The smallest absolute Gasteiger partial charge is 0.337 e. The predicted octanol–water partition coefficient (Wildman–Crippen LogP) is 6.73. The molecule has 0 saturated carbocycles. The molecule has 4 heterocycles. The van der Waals surface area contributed by atoms with Crippen molar-refractivity contribution in [3.05, 3.63) is 75.9 Å².